The number of rotatable bonds is 5. The van der Waals surface area contributed by atoms with Gasteiger partial charge in [-0.3, -0.25) is 4.28 Å². The molecule has 120 valence electrons. The van der Waals surface area contributed by atoms with Gasteiger partial charge in [-0.25, -0.2) is 0 Å². The summed E-state index contributed by atoms with van der Waals surface area (Å²) >= 11 is 0. The predicted molar refractivity (Wildman–Crippen MR) is 87.4 cm³/mol. The number of nitriles is 2. The van der Waals surface area contributed by atoms with Crippen molar-refractivity contribution in [1.82, 2.24) is 0 Å². The van der Waals surface area contributed by atoms with Crippen LogP contribution in [0.25, 0.3) is 0 Å². The fourth-order valence-corrected chi connectivity index (χ4v) is 2.62. The van der Waals surface area contributed by atoms with Gasteiger partial charge in [0, 0.05) is 5.56 Å². The van der Waals surface area contributed by atoms with Gasteiger partial charge in [-0.15, -0.1) is 0 Å². The van der Waals surface area contributed by atoms with E-state index in [2.05, 4.69) is 9.44 Å². The van der Waals surface area contributed by atoms with Gasteiger partial charge >= 0.3 is 10.1 Å². The maximum atomic E-state index is 12.1. The molecule has 6 nitrogen and oxygen atoms in total. The fourth-order valence-electron chi connectivity index (χ4n) is 1.89. The van der Waals surface area contributed by atoms with Gasteiger partial charge in [0.2, 0.25) is 0 Å². The van der Waals surface area contributed by atoms with Crippen molar-refractivity contribution >= 4 is 15.8 Å². The summed E-state index contributed by atoms with van der Waals surface area (Å²) in [5, 5.41) is 21.4. The van der Waals surface area contributed by atoms with Crippen LogP contribution in [0.15, 0.2) is 58.6 Å². The Balaban J connectivity index is 2.28. The Labute approximate surface area is 140 Å². The predicted octanol–water partition coefficient (Wildman–Crippen LogP) is 2.69. The van der Waals surface area contributed by atoms with E-state index in [1.165, 1.54) is 12.1 Å². The van der Waals surface area contributed by atoms with E-state index in [9.17, 15) is 13.7 Å². The number of oxime groups is 1. The monoisotopic (exact) mass is 339 g/mol. The van der Waals surface area contributed by atoms with E-state index in [-0.39, 0.29) is 17.0 Å². The van der Waals surface area contributed by atoms with Crippen molar-refractivity contribution in [3.8, 4) is 12.1 Å². The molecule has 2 aromatic rings. The summed E-state index contributed by atoms with van der Waals surface area (Å²) in [6, 6.07) is 16.4. The number of benzene rings is 2. The minimum atomic E-state index is -4.10. The second-order valence-corrected chi connectivity index (χ2v) is 6.46. The summed E-state index contributed by atoms with van der Waals surface area (Å²) < 4.78 is 28.8. The van der Waals surface area contributed by atoms with Crippen molar-refractivity contribution in [2.45, 2.75) is 18.2 Å². The van der Waals surface area contributed by atoms with Crippen LogP contribution in [0.4, 0.5) is 0 Å². The van der Waals surface area contributed by atoms with Crippen LogP contribution in [0.2, 0.25) is 0 Å². The first-order chi connectivity index (χ1) is 11.5. The summed E-state index contributed by atoms with van der Waals surface area (Å²) in [6.45, 7) is 1.83. The van der Waals surface area contributed by atoms with Gasteiger partial charge < -0.3 is 0 Å². The average Bonchev–Trinajstić information content (AvgIpc) is 2.56. The molecule has 0 bridgehead atoms. The minimum Gasteiger partial charge on any atom is -0.263 e. The van der Waals surface area contributed by atoms with E-state index in [1.807, 2.05) is 13.0 Å². The molecular weight excluding hydrogens is 326 g/mol. The van der Waals surface area contributed by atoms with Crippen molar-refractivity contribution in [3.63, 3.8) is 0 Å². The van der Waals surface area contributed by atoms with E-state index >= 15 is 0 Å². The van der Waals surface area contributed by atoms with Gasteiger partial charge in [-0.2, -0.15) is 18.9 Å². The topological polar surface area (TPSA) is 103 Å². The van der Waals surface area contributed by atoms with Crippen LogP contribution in [-0.2, 0) is 20.8 Å². The van der Waals surface area contributed by atoms with Crippen molar-refractivity contribution in [1.29, 1.82) is 10.5 Å². The molecule has 24 heavy (non-hydrogen) atoms. The summed E-state index contributed by atoms with van der Waals surface area (Å²) in [4.78, 5) is -0.0487. The highest BCUT2D eigenvalue weighted by Crippen LogP contribution is 2.14. The van der Waals surface area contributed by atoms with Gasteiger partial charge in [-0.1, -0.05) is 41.1 Å². The van der Waals surface area contributed by atoms with E-state index in [0.717, 1.165) is 5.56 Å². The zero-order valence-corrected chi connectivity index (χ0v) is 13.6. The van der Waals surface area contributed by atoms with Crippen molar-refractivity contribution in [2.75, 3.05) is 0 Å². The molecule has 0 heterocycles. The van der Waals surface area contributed by atoms with Gasteiger partial charge in [0.05, 0.1) is 12.5 Å². The molecule has 0 amide bonds. The number of hydrogen-bond donors (Lipinski definition) is 0. The first-order valence-electron chi connectivity index (χ1n) is 6.91. The fraction of sp³-hybridized carbons (Fsp3) is 0.118. The molecule has 0 spiro atoms. The van der Waals surface area contributed by atoms with E-state index in [1.54, 1.807) is 42.5 Å². The lowest BCUT2D eigenvalue weighted by molar-refractivity contribution is 0.339. The zero-order valence-electron chi connectivity index (χ0n) is 12.8. The van der Waals surface area contributed by atoms with Crippen LogP contribution in [0.5, 0.6) is 0 Å². The Morgan fingerprint density at radius 3 is 2.50 bits per heavy atom. The molecule has 0 radical (unpaired) electrons. The molecule has 0 N–H and O–H groups in total. The molecule has 0 fully saturated rings. The highest BCUT2D eigenvalue weighted by molar-refractivity contribution is 7.86. The lowest BCUT2D eigenvalue weighted by Gasteiger charge is -2.03. The molecule has 7 heteroatoms. The Morgan fingerprint density at radius 2 is 1.88 bits per heavy atom. The summed E-state index contributed by atoms with van der Waals surface area (Å²) in [5.74, 6) is 0. The smallest absolute Gasteiger partial charge is 0.263 e. The molecule has 0 atom stereocenters. The van der Waals surface area contributed by atoms with Crippen molar-refractivity contribution < 1.29 is 12.7 Å². The molecule has 0 aliphatic rings. The number of aryl methyl sites for hydroxylation is 1. The van der Waals surface area contributed by atoms with Gasteiger partial charge in [0.25, 0.3) is 0 Å². The molecule has 0 saturated carbocycles. The average molecular weight is 339 g/mol. The van der Waals surface area contributed by atoms with Crippen LogP contribution >= 0.6 is 0 Å². The first-order valence-corrected chi connectivity index (χ1v) is 8.32. The Bertz CT molecular complexity index is 950. The number of nitrogens with zero attached hydrogens (tertiary/aromatic N) is 3. The maximum absolute atomic E-state index is 12.1. The lowest BCUT2D eigenvalue weighted by atomic mass is 10.1. The van der Waals surface area contributed by atoms with Crippen LogP contribution in [0.3, 0.4) is 0 Å². The Hall–Kier alpha value is -3.16. The summed E-state index contributed by atoms with van der Waals surface area (Å²) in [7, 11) is -4.10. The van der Waals surface area contributed by atoms with Crippen molar-refractivity contribution in [3.05, 3.63) is 65.2 Å². The number of hydrogen-bond acceptors (Lipinski definition) is 6. The molecule has 0 unspecified atom stereocenters. The minimum absolute atomic E-state index is 0.0487. The second-order valence-electron chi connectivity index (χ2n) is 4.93. The highest BCUT2D eigenvalue weighted by Gasteiger charge is 2.16. The van der Waals surface area contributed by atoms with Crippen molar-refractivity contribution in [2.24, 2.45) is 5.16 Å². The first kappa shape index (κ1) is 17.2. The molecule has 0 aromatic heterocycles. The summed E-state index contributed by atoms with van der Waals surface area (Å²) in [6.07, 6.45) is 0.176. The van der Waals surface area contributed by atoms with Gasteiger partial charge in [-0.05, 0) is 30.7 Å². The zero-order chi connectivity index (χ0) is 17.6. The maximum Gasteiger partial charge on any atom is 0.358 e. The van der Waals surface area contributed by atoms with Crippen LogP contribution in [0, 0.1) is 29.6 Å². The molecule has 0 aliphatic heterocycles. The van der Waals surface area contributed by atoms with Gasteiger partial charge in [0.1, 0.15) is 11.0 Å². The SMILES string of the molecule is Cc1ccc(S(=O)(=O)ON=C(C#N)c2cccc(CC#N)c2)cc1. The molecule has 2 aromatic carbocycles. The largest absolute Gasteiger partial charge is 0.358 e. The summed E-state index contributed by atoms with van der Waals surface area (Å²) in [5.41, 5.74) is 1.79. The van der Waals surface area contributed by atoms with E-state index < -0.39 is 10.1 Å². The normalized spacial score (nSPS) is 11.4. The second kappa shape index (κ2) is 7.40. The lowest BCUT2D eigenvalue weighted by Crippen LogP contribution is -2.06. The van der Waals surface area contributed by atoms with E-state index in [0.29, 0.717) is 11.1 Å². The third-order valence-corrected chi connectivity index (χ3v) is 4.25. The third-order valence-electron chi connectivity index (χ3n) is 3.13. The Kier molecular flexibility index (Phi) is 5.31. The molecule has 0 saturated heterocycles. The van der Waals surface area contributed by atoms with Crippen LogP contribution in [0.1, 0.15) is 16.7 Å². The third kappa shape index (κ3) is 4.19. The Morgan fingerprint density at radius 1 is 1.17 bits per heavy atom. The molecule has 2 rings (SSSR count). The molecule has 0 aliphatic carbocycles. The highest BCUT2D eigenvalue weighted by atomic mass is 32.2. The van der Waals surface area contributed by atoms with Crippen LogP contribution < -0.4 is 0 Å². The molecular formula is C17H13N3O3S. The standard InChI is InChI=1S/C17H13N3O3S/c1-13-5-7-16(8-6-13)24(21,22)23-20-17(12-19)15-4-2-3-14(11-15)9-10-18/h2-8,11H,9H2,1H3. The quantitative estimate of drug-likeness (QED) is 0.615. The van der Waals surface area contributed by atoms with Gasteiger partial charge in [0.15, 0.2) is 5.71 Å². The van der Waals surface area contributed by atoms with Crippen LogP contribution in [-0.4, -0.2) is 14.1 Å². The van der Waals surface area contributed by atoms with E-state index in [4.69, 9.17) is 5.26 Å².